The van der Waals surface area contributed by atoms with Gasteiger partial charge >= 0.3 is 0 Å². The maximum absolute atomic E-state index is 12.6. The van der Waals surface area contributed by atoms with Gasteiger partial charge in [0.05, 0.1) is 0 Å². The van der Waals surface area contributed by atoms with Crippen LogP contribution in [0.3, 0.4) is 0 Å². The first-order valence-corrected chi connectivity index (χ1v) is 8.72. The molecule has 2 saturated heterocycles. The molecule has 1 aromatic rings. The molecule has 0 aromatic heterocycles. The second kappa shape index (κ2) is 6.00. The quantitative estimate of drug-likeness (QED) is 0.933. The SMILES string of the molecule is CCC1=CCOc2cc(C(=O)N[C@@H]3C[C@H]4CCN(C4)C3)ccc21. The third-order valence-corrected chi connectivity index (χ3v) is 5.34. The minimum absolute atomic E-state index is 0.0245. The van der Waals surface area contributed by atoms with E-state index in [-0.39, 0.29) is 11.9 Å². The highest BCUT2D eigenvalue weighted by molar-refractivity contribution is 5.95. The van der Waals surface area contributed by atoms with E-state index in [4.69, 9.17) is 4.74 Å². The number of fused-ring (bicyclic) bond motifs is 3. The first kappa shape index (κ1) is 14.8. The number of hydrogen-bond acceptors (Lipinski definition) is 3. The molecule has 3 aliphatic rings. The van der Waals surface area contributed by atoms with E-state index in [0.29, 0.717) is 12.2 Å². The first-order valence-electron chi connectivity index (χ1n) is 8.72. The van der Waals surface area contributed by atoms with Crippen LogP contribution in [0.25, 0.3) is 5.57 Å². The average Bonchev–Trinajstić information content (AvgIpc) is 2.92. The predicted octanol–water partition coefficient (Wildman–Crippen LogP) is 2.70. The van der Waals surface area contributed by atoms with E-state index in [2.05, 4.69) is 23.2 Å². The highest BCUT2D eigenvalue weighted by Gasteiger charge is 2.33. The fourth-order valence-corrected chi connectivity index (χ4v) is 4.16. The number of rotatable bonds is 3. The van der Waals surface area contributed by atoms with Crippen LogP contribution < -0.4 is 10.1 Å². The smallest absolute Gasteiger partial charge is 0.251 e. The van der Waals surface area contributed by atoms with Crippen molar-refractivity contribution in [2.24, 2.45) is 5.92 Å². The van der Waals surface area contributed by atoms with Crippen molar-refractivity contribution in [3.63, 3.8) is 0 Å². The molecule has 0 radical (unpaired) electrons. The lowest BCUT2D eigenvalue weighted by Gasteiger charge is -2.30. The highest BCUT2D eigenvalue weighted by atomic mass is 16.5. The fraction of sp³-hybridized carbons (Fsp3) is 0.526. The lowest BCUT2D eigenvalue weighted by Crippen LogP contribution is -2.47. The van der Waals surface area contributed by atoms with E-state index in [9.17, 15) is 4.79 Å². The van der Waals surface area contributed by atoms with Gasteiger partial charge in [0.1, 0.15) is 12.4 Å². The molecule has 3 atom stereocenters. The van der Waals surface area contributed by atoms with Gasteiger partial charge in [0.2, 0.25) is 0 Å². The van der Waals surface area contributed by atoms with Gasteiger partial charge in [0.25, 0.3) is 5.91 Å². The molecule has 2 bridgehead atoms. The molecule has 1 aromatic carbocycles. The third kappa shape index (κ3) is 2.88. The van der Waals surface area contributed by atoms with Gasteiger partial charge in [-0.25, -0.2) is 0 Å². The van der Waals surface area contributed by atoms with E-state index in [1.165, 1.54) is 25.1 Å². The van der Waals surface area contributed by atoms with Crippen LogP contribution in [0.4, 0.5) is 0 Å². The predicted molar refractivity (Wildman–Crippen MR) is 90.6 cm³/mol. The number of amides is 1. The van der Waals surface area contributed by atoms with Crippen LogP contribution in [0.2, 0.25) is 0 Å². The summed E-state index contributed by atoms with van der Waals surface area (Å²) in [5.74, 6) is 1.62. The molecule has 1 unspecified atom stereocenters. The van der Waals surface area contributed by atoms with Crippen LogP contribution in [-0.4, -0.2) is 43.1 Å². The molecule has 4 nitrogen and oxygen atoms in total. The molecule has 0 spiro atoms. The van der Waals surface area contributed by atoms with Gasteiger partial charge in [-0.1, -0.05) is 13.0 Å². The number of carbonyl (C=O) groups is 1. The number of hydrogen-bond donors (Lipinski definition) is 1. The van der Waals surface area contributed by atoms with Gasteiger partial charge in [-0.3, -0.25) is 4.79 Å². The number of benzene rings is 1. The van der Waals surface area contributed by atoms with Crippen molar-refractivity contribution >= 4 is 11.5 Å². The molecule has 3 heterocycles. The fourth-order valence-electron chi connectivity index (χ4n) is 4.16. The van der Waals surface area contributed by atoms with Gasteiger partial charge in [0, 0.05) is 30.3 Å². The van der Waals surface area contributed by atoms with E-state index in [1.807, 2.05) is 18.2 Å². The lowest BCUT2D eigenvalue weighted by atomic mass is 9.96. The Morgan fingerprint density at radius 2 is 2.30 bits per heavy atom. The number of nitrogens with zero attached hydrogens (tertiary/aromatic N) is 1. The monoisotopic (exact) mass is 312 g/mol. The van der Waals surface area contributed by atoms with Crippen LogP contribution in [0.15, 0.2) is 24.3 Å². The summed E-state index contributed by atoms with van der Waals surface area (Å²) in [6.07, 6.45) is 5.51. The lowest BCUT2D eigenvalue weighted by molar-refractivity contribution is 0.0909. The zero-order chi connectivity index (χ0) is 15.8. The molecule has 1 N–H and O–H groups in total. The van der Waals surface area contributed by atoms with Gasteiger partial charge in [-0.05, 0) is 55.5 Å². The number of allylic oxidation sites excluding steroid dienone is 1. The average molecular weight is 312 g/mol. The van der Waals surface area contributed by atoms with Crippen LogP contribution in [0.1, 0.15) is 42.1 Å². The molecule has 23 heavy (non-hydrogen) atoms. The summed E-state index contributed by atoms with van der Waals surface area (Å²) in [6.45, 7) is 6.14. The zero-order valence-electron chi connectivity index (χ0n) is 13.7. The van der Waals surface area contributed by atoms with Crippen molar-refractivity contribution in [1.82, 2.24) is 10.2 Å². The van der Waals surface area contributed by atoms with Crippen LogP contribution >= 0.6 is 0 Å². The molecule has 122 valence electrons. The Hall–Kier alpha value is -1.81. The molecule has 2 fully saturated rings. The first-order chi connectivity index (χ1) is 11.2. The van der Waals surface area contributed by atoms with Gasteiger partial charge < -0.3 is 15.0 Å². The summed E-state index contributed by atoms with van der Waals surface area (Å²) in [4.78, 5) is 15.0. The van der Waals surface area contributed by atoms with Crippen molar-refractivity contribution in [1.29, 1.82) is 0 Å². The molecule has 0 aliphatic carbocycles. The summed E-state index contributed by atoms with van der Waals surface area (Å²) >= 11 is 0. The van der Waals surface area contributed by atoms with Crippen LogP contribution in [0, 0.1) is 5.92 Å². The Balaban J connectivity index is 1.48. The van der Waals surface area contributed by atoms with E-state index in [0.717, 1.165) is 36.6 Å². The normalized spacial score (nSPS) is 28.6. The van der Waals surface area contributed by atoms with E-state index >= 15 is 0 Å². The minimum Gasteiger partial charge on any atom is -0.489 e. The summed E-state index contributed by atoms with van der Waals surface area (Å²) in [6, 6.07) is 6.12. The Labute approximate surface area is 137 Å². The number of ether oxygens (including phenoxy) is 1. The van der Waals surface area contributed by atoms with Crippen molar-refractivity contribution in [3.8, 4) is 5.75 Å². The molecule has 3 aliphatic heterocycles. The molecular formula is C19H24N2O2. The summed E-state index contributed by atoms with van der Waals surface area (Å²) in [7, 11) is 0. The zero-order valence-corrected chi connectivity index (χ0v) is 13.7. The summed E-state index contributed by atoms with van der Waals surface area (Å²) in [5, 5.41) is 3.22. The Kier molecular flexibility index (Phi) is 3.85. The second-order valence-electron chi connectivity index (χ2n) is 6.93. The molecule has 4 rings (SSSR count). The molecule has 4 heteroatoms. The Morgan fingerprint density at radius 3 is 3.13 bits per heavy atom. The molecule has 1 amide bonds. The molecular weight excluding hydrogens is 288 g/mol. The topological polar surface area (TPSA) is 41.6 Å². The van der Waals surface area contributed by atoms with Gasteiger partial charge in [-0.2, -0.15) is 0 Å². The second-order valence-corrected chi connectivity index (χ2v) is 6.93. The maximum atomic E-state index is 12.6. The van der Waals surface area contributed by atoms with Crippen LogP contribution in [-0.2, 0) is 0 Å². The number of nitrogens with one attached hydrogen (secondary N) is 1. The number of piperidine rings is 1. The standard InChI is InChI=1S/C19H24N2O2/c1-2-14-6-8-23-18-10-15(3-4-17(14)18)19(22)20-16-9-13-5-7-21(11-13)12-16/h3-4,6,10,13,16H,2,5,7-9,11-12H2,1H3,(H,20,22)/t13-,16-/m1/s1. The van der Waals surface area contributed by atoms with E-state index in [1.54, 1.807) is 0 Å². The Bertz CT molecular complexity index is 641. The summed E-state index contributed by atoms with van der Waals surface area (Å²) in [5.41, 5.74) is 3.13. The largest absolute Gasteiger partial charge is 0.489 e. The van der Waals surface area contributed by atoms with Gasteiger partial charge in [-0.15, -0.1) is 0 Å². The van der Waals surface area contributed by atoms with Crippen molar-refractivity contribution in [2.75, 3.05) is 26.2 Å². The highest BCUT2D eigenvalue weighted by Crippen LogP contribution is 2.32. The maximum Gasteiger partial charge on any atom is 0.251 e. The van der Waals surface area contributed by atoms with Crippen molar-refractivity contribution in [2.45, 2.75) is 32.2 Å². The van der Waals surface area contributed by atoms with E-state index < -0.39 is 0 Å². The van der Waals surface area contributed by atoms with Crippen molar-refractivity contribution < 1.29 is 9.53 Å². The third-order valence-electron chi connectivity index (χ3n) is 5.34. The van der Waals surface area contributed by atoms with Crippen LogP contribution in [0.5, 0.6) is 5.75 Å². The summed E-state index contributed by atoms with van der Waals surface area (Å²) < 4.78 is 5.72. The minimum atomic E-state index is 0.0245. The van der Waals surface area contributed by atoms with Crippen molar-refractivity contribution in [3.05, 3.63) is 35.4 Å². The Morgan fingerprint density at radius 1 is 1.39 bits per heavy atom. The van der Waals surface area contributed by atoms with Gasteiger partial charge in [0.15, 0.2) is 0 Å². The number of carbonyl (C=O) groups excluding carboxylic acids is 1. The molecule has 0 saturated carbocycles.